The van der Waals surface area contributed by atoms with E-state index in [1.165, 1.54) is 4.31 Å². The Morgan fingerprint density at radius 2 is 2.10 bits per heavy atom. The summed E-state index contributed by atoms with van der Waals surface area (Å²) in [5, 5.41) is 0.604. The fraction of sp³-hybridized carbons (Fsp3) is 0.538. The number of ether oxygens (including phenoxy) is 1. The van der Waals surface area contributed by atoms with E-state index >= 15 is 0 Å². The van der Waals surface area contributed by atoms with Gasteiger partial charge in [-0.1, -0.05) is 23.2 Å². The first-order valence-corrected chi connectivity index (χ1v) is 8.75. The largest absolute Gasteiger partial charge is 0.374 e. The molecule has 118 valence electrons. The van der Waals surface area contributed by atoms with Crippen LogP contribution in [0.3, 0.4) is 0 Å². The Hall–Kier alpha value is -0.370. The second-order valence-electron chi connectivity index (χ2n) is 5.03. The van der Waals surface area contributed by atoms with Crippen LogP contribution in [0.25, 0.3) is 0 Å². The van der Waals surface area contributed by atoms with Gasteiger partial charge in [-0.05, 0) is 31.0 Å². The molecule has 0 radical (unpaired) electrons. The highest BCUT2D eigenvalue weighted by atomic mass is 35.5. The topological polar surface area (TPSA) is 72.6 Å². The maximum absolute atomic E-state index is 12.9. The summed E-state index contributed by atoms with van der Waals surface area (Å²) in [6.45, 7) is 4.47. The van der Waals surface area contributed by atoms with E-state index in [0.717, 1.165) is 0 Å². The van der Waals surface area contributed by atoms with Gasteiger partial charge in [-0.3, -0.25) is 0 Å². The molecule has 2 N–H and O–H groups in total. The van der Waals surface area contributed by atoms with Crippen LogP contribution >= 0.6 is 23.2 Å². The minimum absolute atomic E-state index is 0.0758. The summed E-state index contributed by atoms with van der Waals surface area (Å²) >= 11 is 12.3. The SMILES string of the molecule is Cc1cc(Cl)c(C)c(S(=O)(=O)N2CCOC(CN)C2)c1Cl. The predicted octanol–water partition coefficient (Wildman–Crippen LogP) is 1.96. The molecule has 1 aliphatic heterocycles. The Bertz CT molecular complexity index is 623. The lowest BCUT2D eigenvalue weighted by atomic mass is 10.2. The quantitative estimate of drug-likeness (QED) is 0.902. The third-order valence-electron chi connectivity index (χ3n) is 3.55. The number of rotatable bonds is 3. The Labute approximate surface area is 135 Å². The molecule has 0 saturated carbocycles. The van der Waals surface area contributed by atoms with Crippen molar-refractivity contribution in [1.82, 2.24) is 4.31 Å². The van der Waals surface area contributed by atoms with Crippen molar-refractivity contribution in [2.75, 3.05) is 26.2 Å². The lowest BCUT2D eigenvalue weighted by molar-refractivity contribution is 0.00450. The molecule has 0 spiro atoms. The van der Waals surface area contributed by atoms with Crippen molar-refractivity contribution in [2.24, 2.45) is 5.73 Å². The molecule has 1 saturated heterocycles. The normalized spacial score (nSPS) is 20.7. The van der Waals surface area contributed by atoms with Gasteiger partial charge in [0, 0.05) is 24.7 Å². The summed E-state index contributed by atoms with van der Waals surface area (Å²) in [5.41, 5.74) is 6.66. The monoisotopic (exact) mass is 352 g/mol. The van der Waals surface area contributed by atoms with E-state index in [0.29, 0.717) is 22.8 Å². The highest BCUT2D eigenvalue weighted by Crippen LogP contribution is 2.35. The van der Waals surface area contributed by atoms with Gasteiger partial charge in [-0.15, -0.1) is 0 Å². The van der Waals surface area contributed by atoms with Crippen LogP contribution < -0.4 is 5.73 Å². The first-order chi connectivity index (χ1) is 9.78. The zero-order valence-electron chi connectivity index (χ0n) is 11.9. The van der Waals surface area contributed by atoms with E-state index in [1.807, 2.05) is 0 Å². The second-order valence-corrected chi connectivity index (χ2v) is 7.69. The van der Waals surface area contributed by atoms with E-state index in [1.54, 1.807) is 19.9 Å². The molecule has 8 heteroatoms. The minimum atomic E-state index is -3.73. The van der Waals surface area contributed by atoms with Crippen LogP contribution in [-0.4, -0.2) is 45.1 Å². The number of sulfonamides is 1. The maximum atomic E-state index is 12.9. The predicted molar refractivity (Wildman–Crippen MR) is 83.5 cm³/mol. The zero-order chi connectivity index (χ0) is 15.8. The molecule has 21 heavy (non-hydrogen) atoms. The molecule has 0 bridgehead atoms. The summed E-state index contributed by atoms with van der Waals surface area (Å²) in [5.74, 6) is 0. The molecule has 0 amide bonds. The van der Waals surface area contributed by atoms with Crippen LogP contribution in [0.4, 0.5) is 0 Å². The van der Waals surface area contributed by atoms with Crippen LogP contribution in [0.5, 0.6) is 0 Å². The standard InChI is InChI=1S/C13H18Cl2N2O3S/c1-8-5-11(14)9(2)13(12(8)15)21(18,19)17-3-4-20-10(6-16)7-17/h5,10H,3-4,6-7,16H2,1-2H3. The highest BCUT2D eigenvalue weighted by Gasteiger charge is 2.33. The van der Waals surface area contributed by atoms with Crippen molar-refractivity contribution < 1.29 is 13.2 Å². The number of hydrogen-bond acceptors (Lipinski definition) is 4. The molecule has 0 aliphatic carbocycles. The first-order valence-electron chi connectivity index (χ1n) is 6.56. The van der Waals surface area contributed by atoms with Gasteiger partial charge in [0.25, 0.3) is 0 Å². The van der Waals surface area contributed by atoms with Gasteiger partial charge in [0.2, 0.25) is 10.0 Å². The minimum Gasteiger partial charge on any atom is -0.374 e. The molecule has 1 heterocycles. The molecule has 1 aliphatic rings. The number of aryl methyl sites for hydroxylation is 1. The lowest BCUT2D eigenvalue weighted by Gasteiger charge is -2.32. The van der Waals surface area contributed by atoms with E-state index in [-0.39, 0.29) is 35.7 Å². The van der Waals surface area contributed by atoms with Crippen molar-refractivity contribution in [2.45, 2.75) is 24.8 Å². The van der Waals surface area contributed by atoms with E-state index in [2.05, 4.69) is 0 Å². The van der Waals surface area contributed by atoms with Crippen LogP contribution in [0, 0.1) is 13.8 Å². The summed E-state index contributed by atoms with van der Waals surface area (Å²) in [4.78, 5) is 0.0758. The van der Waals surface area contributed by atoms with Crippen molar-refractivity contribution in [3.05, 3.63) is 27.2 Å². The number of hydrogen-bond donors (Lipinski definition) is 1. The molecule has 1 unspecified atom stereocenters. The molecule has 0 aromatic heterocycles. The van der Waals surface area contributed by atoms with Gasteiger partial charge in [0.15, 0.2) is 0 Å². The molecular formula is C13H18Cl2N2O3S. The number of nitrogens with two attached hydrogens (primary N) is 1. The van der Waals surface area contributed by atoms with Crippen molar-refractivity contribution in [1.29, 1.82) is 0 Å². The number of benzene rings is 1. The first kappa shape index (κ1) is 17.0. The van der Waals surface area contributed by atoms with Gasteiger partial charge >= 0.3 is 0 Å². The van der Waals surface area contributed by atoms with Gasteiger partial charge in [-0.2, -0.15) is 4.31 Å². The van der Waals surface area contributed by atoms with E-state index < -0.39 is 10.0 Å². The summed E-state index contributed by atoms with van der Waals surface area (Å²) in [6.07, 6.45) is -0.298. The number of halogens is 2. The van der Waals surface area contributed by atoms with Gasteiger partial charge in [-0.25, -0.2) is 8.42 Å². The van der Waals surface area contributed by atoms with Gasteiger partial charge in [0.05, 0.1) is 17.7 Å². The molecule has 5 nitrogen and oxygen atoms in total. The fourth-order valence-electron chi connectivity index (χ4n) is 2.30. The van der Waals surface area contributed by atoms with Gasteiger partial charge < -0.3 is 10.5 Å². The summed E-state index contributed by atoms with van der Waals surface area (Å²) in [7, 11) is -3.73. The van der Waals surface area contributed by atoms with Crippen LogP contribution in [0.15, 0.2) is 11.0 Å². The third-order valence-corrected chi connectivity index (χ3v) is 6.58. The molecule has 1 aromatic carbocycles. The second kappa shape index (κ2) is 6.40. The van der Waals surface area contributed by atoms with E-state index in [9.17, 15) is 8.42 Å². The van der Waals surface area contributed by atoms with Crippen molar-refractivity contribution in [3.63, 3.8) is 0 Å². The molecule has 2 rings (SSSR count). The third kappa shape index (κ3) is 3.21. The Kier molecular flexibility index (Phi) is 5.18. The maximum Gasteiger partial charge on any atom is 0.245 e. The Balaban J connectivity index is 2.50. The Morgan fingerprint density at radius 1 is 1.43 bits per heavy atom. The van der Waals surface area contributed by atoms with Crippen molar-refractivity contribution in [3.8, 4) is 0 Å². The smallest absolute Gasteiger partial charge is 0.245 e. The molecular weight excluding hydrogens is 335 g/mol. The van der Waals surface area contributed by atoms with Crippen LogP contribution in [-0.2, 0) is 14.8 Å². The highest BCUT2D eigenvalue weighted by molar-refractivity contribution is 7.89. The number of nitrogens with zero attached hydrogens (tertiary/aromatic N) is 1. The van der Waals surface area contributed by atoms with Crippen molar-refractivity contribution >= 4 is 33.2 Å². The zero-order valence-corrected chi connectivity index (χ0v) is 14.2. The molecule has 1 atom stereocenters. The fourth-order valence-corrected chi connectivity index (χ4v) is 4.93. The lowest BCUT2D eigenvalue weighted by Crippen LogP contribution is -2.48. The van der Waals surface area contributed by atoms with Crippen LogP contribution in [0.1, 0.15) is 11.1 Å². The van der Waals surface area contributed by atoms with E-state index in [4.69, 9.17) is 33.7 Å². The summed E-state index contributed by atoms with van der Waals surface area (Å²) in [6, 6.07) is 1.67. The average molecular weight is 353 g/mol. The summed E-state index contributed by atoms with van der Waals surface area (Å²) < 4.78 is 32.5. The molecule has 1 fully saturated rings. The average Bonchev–Trinajstić information content (AvgIpc) is 2.45. The van der Waals surface area contributed by atoms with Gasteiger partial charge in [0.1, 0.15) is 4.90 Å². The Morgan fingerprint density at radius 3 is 2.71 bits per heavy atom. The number of morpholine rings is 1. The van der Waals surface area contributed by atoms with Crippen LogP contribution in [0.2, 0.25) is 10.0 Å². The molecule has 1 aromatic rings.